The van der Waals surface area contributed by atoms with Crippen molar-refractivity contribution < 1.29 is 14.3 Å². The highest BCUT2D eigenvalue weighted by molar-refractivity contribution is 5.93. The van der Waals surface area contributed by atoms with E-state index >= 15 is 0 Å². The summed E-state index contributed by atoms with van der Waals surface area (Å²) >= 11 is 0. The van der Waals surface area contributed by atoms with Gasteiger partial charge in [0.05, 0.1) is 11.4 Å². The van der Waals surface area contributed by atoms with Gasteiger partial charge in [0.2, 0.25) is 6.79 Å². The summed E-state index contributed by atoms with van der Waals surface area (Å²) in [5, 5.41) is 14.3. The summed E-state index contributed by atoms with van der Waals surface area (Å²) in [6.07, 6.45) is 5.42. The molecule has 0 unspecified atom stereocenters. The molecule has 0 saturated carbocycles. The summed E-state index contributed by atoms with van der Waals surface area (Å²) in [4.78, 5) is 16.8. The number of hydrogen-bond donors (Lipinski definition) is 2. The van der Waals surface area contributed by atoms with Gasteiger partial charge in [0, 0.05) is 30.6 Å². The maximum atomic E-state index is 12.4. The van der Waals surface area contributed by atoms with Gasteiger partial charge in [-0.15, -0.1) is 0 Å². The van der Waals surface area contributed by atoms with Crippen LogP contribution in [0.1, 0.15) is 28.2 Å². The summed E-state index contributed by atoms with van der Waals surface area (Å²) < 4.78 is 12.5. The van der Waals surface area contributed by atoms with Gasteiger partial charge in [-0.2, -0.15) is 10.2 Å². The Kier molecular flexibility index (Phi) is 4.55. The third-order valence-electron chi connectivity index (χ3n) is 4.91. The van der Waals surface area contributed by atoms with Crippen molar-refractivity contribution in [2.45, 2.75) is 19.8 Å². The molecular formula is C21H20N6O3. The van der Waals surface area contributed by atoms with Crippen LogP contribution in [-0.4, -0.2) is 44.0 Å². The van der Waals surface area contributed by atoms with Crippen LogP contribution < -0.4 is 14.8 Å². The monoisotopic (exact) mass is 404 g/mol. The number of amides is 1. The standard InChI is InChI=1S/C21H20N6O3/c1-13-7-20-23-10-14(11-27(20)26-13)3-2-6-22-21(28)17-9-16(24-25-17)15-4-5-18-19(8-15)30-12-29-18/h4-5,7-11H,2-3,6,12H2,1H3,(H,22,28)(H,24,25). The van der Waals surface area contributed by atoms with Gasteiger partial charge in [0.1, 0.15) is 5.69 Å². The van der Waals surface area contributed by atoms with Crippen LogP contribution in [0.3, 0.4) is 0 Å². The molecule has 2 N–H and O–H groups in total. The van der Waals surface area contributed by atoms with Gasteiger partial charge in [-0.1, -0.05) is 0 Å². The second-order valence-corrected chi connectivity index (χ2v) is 7.15. The molecular weight excluding hydrogens is 384 g/mol. The molecule has 0 radical (unpaired) electrons. The SMILES string of the molecule is Cc1cc2ncc(CCCNC(=O)c3cc(-c4ccc5c(c4)OCO5)n[nH]3)cn2n1. The van der Waals surface area contributed by atoms with Gasteiger partial charge in [-0.05, 0) is 49.6 Å². The zero-order valence-corrected chi connectivity index (χ0v) is 16.4. The predicted octanol–water partition coefficient (Wildman–Crippen LogP) is 2.52. The second kappa shape index (κ2) is 7.51. The van der Waals surface area contributed by atoms with E-state index in [0.29, 0.717) is 29.4 Å². The van der Waals surface area contributed by atoms with E-state index in [1.165, 1.54) is 0 Å². The smallest absolute Gasteiger partial charge is 0.269 e. The number of rotatable bonds is 6. The van der Waals surface area contributed by atoms with E-state index < -0.39 is 0 Å². The molecule has 9 nitrogen and oxygen atoms in total. The van der Waals surface area contributed by atoms with Crippen LogP contribution in [0.25, 0.3) is 16.9 Å². The van der Waals surface area contributed by atoms with E-state index in [1.807, 2.05) is 43.6 Å². The van der Waals surface area contributed by atoms with Gasteiger partial charge in [-0.3, -0.25) is 9.89 Å². The number of H-pyrrole nitrogens is 1. The Morgan fingerprint density at radius 1 is 1.23 bits per heavy atom. The normalized spacial score (nSPS) is 12.4. The molecule has 0 atom stereocenters. The topological polar surface area (TPSA) is 106 Å². The molecule has 4 heterocycles. The molecule has 5 rings (SSSR count). The Labute approximate surface area is 172 Å². The number of aromatic amines is 1. The average molecular weight is 404 g/mol. The van der Waals surface area contributed by atoms with E-state index in [9.17, 15) is 4.79 Å². The third-order valence-corrected chi connectivity index (χ3v) is 4.91. The lowest BCUT2D eigenvalue weighted by atomic mass is 10.1. The fraction of sp³-hybridized carbons (Fsp3) is 0.238. The molecule has 1 amide bonds. The van der Waals surface area contributed by atoms with Crippen LogP contribution in [0.2, 0.25) is 0 Å². The van der Waals surface area contributed by atoms with Crippen molar-refractivity contribution in [3.8, 4) is 22.8 Å². The lowest BCUT2D eigenvalue weighted by Gasteiger charge is -2.04. The maximum Gasteiger partial charge on any atom is 0.269 e. The summed E-state index contributed by atoms with van der Waals surface area (Å²) in [6, 6.07) is 9.24. The van der Waals surface area contributed by atoms with Crippen molar-refractivity contribution in [1.82, 2.24) is 30.1 Å². The number of carbonyl (C=O) groups excluding carboxylic acids is 1. The molecule has 1 aromatic carbocycles. The first-order chi connectivity index (χ1) is 14.7. The maximum absolute atomic E-state index is 12.4. The molecule has 0 saturated heterocycles. The Bertz CT molecular complexity index is 1230. The Morgan fingerprint density at radius 3 is 3.07 bits per heavy atom. The Morgan fingerprint density at radius 2 is 2.13 bits per heavy atom. The van der Waals surface area contributed by atoms with Crippen molar-refractivity contribution in [2.75, 3.05) is 13.3 Å². The predicted molar refractivity (Wildman–Crippen MR) is 109 cm³/mol. The molecule has 1 aliphatic rings. The molecule has 1 aliphatic heterocycles. The zero-order chi connectivity index (χ0) is 20.5. The molecule has 0 aliphatic carbocycles. The molecule has 30 heavy (non-hydrogen) atoms. The molecule has 0 fully saturated rings. The number of nitrogens with zero attached hydrogens (tertiary/aromatic N) is 4. The molecule has 4 aromatic rings. The second-order valence-electron chi connectivity index (χ2n) is 7.15. The number of ether oxygens (including phenoxy) is 2. The molecule has 0 bridgehead atoms. The van der Waals surface area contributed by atoms with Crippen molar-refractivity contribution in [3.63, 3.8) is 0 Å². The van der Waals surface area contributed by atoms with Crippen molar-refractivity contribution in [3.05, 3.63) is 59.7 Å². The summed E-state index contributed by atoms with van der Waals surface area (Å²) in [7, 11) is 0. The summed E-state index contributed by atoms with van der Waals surface area (Å²) in [5.74, 6) is 1.20. The first-order valence-electron chi connectivity index (χ1n) is 9.70. The van der Waals surface area contributed by atoms with Crippen LogP contribution in [0, 0.1) is 6.92 Å². The van der Waals surface area contributed by atoms with Crippen LogP contribution in [-0.2, 0) is 6.42 Å². The Hall–Kier alpha value is -3.88. The van der Waals surface area contributed by atoms with Crippen molar-refractivity contribution in [1.29, 1.82) is 0 Å². The zero-order valence-electron chi connectivity index (χ0n) is 16.4. The highest BCUT2D eigenvalue weighted by atomic mass is 16.7. The average Bonchev–Trinajstić information content (AvgIpc) is 3.48. The number of benzene rings is 1. The minimum absolute atomic E-state index is 0.189. The van der Waals surface area contributed by atoms with Gasteiger partial charge >= 0.3 is 0 Å². The number of hydrogen-bond acceptors (Lipinski definition) is 6. The molecule has 0 spiro atoms. The number of aromatic nitrogens is 5. The first kappa shape index (κ1) is 18.2. The fourth-order valence-electron chi connectivity index (χ4n) is 3.39. The number of carbonyl (C=O) groups is 1. The first-order valence-corrected chi connectivity index (χ1v) is 9.70. The van der Waals surface area contributed by atoms with Gasteiger partial charge in [-0.25, -0.2) is 9.50 Å². The lowest BCUT2D eigenvalue weighted by Crippen LogP contribution is -2.25. The van der Waals surface area contributed by atoms with Crippen molar-refractivity contribution >= 4 is 11.6 Å². The molecule has 3 aromatic heterocycles. The van der Waals surface area contributed by atoms with E-state index in [0.717, 1.165) is 35.3 Å². The van der Waals surface area contributed by atoms with Crippen LogP contribution >= 0.6 is 0 Å². The van der Waals surface area contributed by atoms with E-state index in [2.05, 4.69) is 25.6 Å². The lowest BCUT2D eigenvalue weighted by molar-refractivity contribution is 0.0948. The summed E-state index contributed by atoms with van der Waals surface area (Å²) in [5.41, 5.74) is 4.79. The van der Waals surface area contributed by atoms with Gasteiger partial charge < -0.3 is 14.8 Å². The van der Waals surface area contributed by atoms with Crippen molar-refractivity contribution in [2.24, 2.45) is 0 Å². The van der Waals surface area contributed by atoms with Gasteiger partial charge in [0.25, 0.3) is 5.91 Å². The minimum atomic E-state index is -0.189. The minimum Gasteiger partial charge on any atom is -0.454 e. The highest BCUT2D eigenvalue weighted by Crippen LogP contribution is 2.35. The van der Waals surface area contributed by atoms with E-state index in [1.54, 1.807) is 10.6 Å². The van der Waals surface area contributed by atoms with Gasteiger partial charge in [0.15, 0.2) is 17.1 Å². The number of aryl methyl sites for hydroxylation is 2. The summed E-state index contributed by atoms with van der Waals surface area (Å²) in [6.45, 7) is 2.71. The fourth-order valence-corrected chi connectivity index (χ4v) is 3.39. The number of nitrogens with one attached hydrogen (secondary N) is 2. The Balaban J connectivity index is 1.16. The molecule has 9 heteroatoms. The van der Waals surface area contributed by atoms with E-state index in [4.69, 9.17) is 9.47 Å². The number of fused-ring (bicyclic) bond motifs is 2. The quantitative estimate of drug-likeness (QED) is 0.478. The third kappa shape index (κ3) is 3.57. The van der Waals surface area contributed by atoms with Crippen LogP contribution in [0.5, 0.6) is 11.5 Å². The highest BCUT2D eigenvalue weighted by Gasteiger charge is 2.16. The largest absolute Gasteiger partial charge is 0.454 e. The van der Waals surface area contributed by atoms with E-state index in [-0.39, 0.29) is 12.7 Å². The molecule has 152 valence electrons. The van der Waals surface area contributed by atoms with Crippen LogP contribution in [0.4, 0.5) is 0 Å². The van der Waals surface area contributed by atoms with Crippen LogP contribution in [0.15, 0.2) is 42.7 Å².